The van der Waals surface area contributed by atoms with Gasteiger partial charge in [0.2, 0.25) is 0 Å². The van der Waals surface area contributed by atoms with Gasteiger partial charge in [0, 0.05) is 20.1 Å². The van der Waals surface area contributed by atoms with Crippen molar-refractivity contribution >= 4 is 47.4 Å². The van der Waals surface area contributed by atoms with E-state index in [0.29, 0.717) is 35.2 Å². The van der Waals surface area contributed by atoms with E-state index >= 15 is 0 Å². The van der Waals surface area contributed by atoms with Gasteiger partial charge in [-0.2, -0.15) is 0 Å². The van der Waals surface area contributed by atoms with Crippen LogP contribution < -0.4 is 16.0 Å². The first-order chi connectivity index (χ1) is 12.9. The summed E-state index contributed by atoms with van der Waals surface area (Å²) in [4.78, 5) is 16.2. The summed E-state index contributed by atoms with van der Waals surface area (Å²) in [6.07, 6.45) is 0. The number of nitrogens with zero attached hydrogens (tertiary/aromatic N) is 1. The molecule has 5 nitrogen and oxygen atoms in total. The largest absolute Gasteiger partial charge is 0.355 e. The summed E-state index contributed by atoms with van der Waals surface area (Å²) >= 11 is 6.01. The average molecular weight is 519 g/mol. The Morgan fingerprint density at radius 2 is 1.86 bits per heavy atom. The molecule has 8 heteroatoms. The van der Waals surface area contributed by atoms with Gasteiger partial charge in [-0.15, -0.1) is 24.0 Å². The Balaban J connectivity index is 0.00000392. The second-order valence-electron chi connectivity index (χ2n) is 6.11. The molecule has 0 saturated carbocycles. The first-order valence-corrected chi connectivity index (χ1v) is 9.06. The first kappa shape index (κ1) is 24.2. The molecule has 1 amide bonds. The van der Waals surface area contributed by atoms with E-state index in [1.807, 2.05) is 13.0 Å². The molecular weight excluding hydrogens is 494 g/mol. The van der Waals surface area contributed by atoms with Gasteiger partial charge in [0.05, 0.1) is 16.6 Å². The van der Waals surface area contributed by atoms with E-state index in [4.69, 9.17) is 11.6 Å². The molecule has 0 aliphatic heterocycles. The Morgan fingerprint density at radius 1 is 1.18 bits per heavy atom. The Hall–Kier alpha value is -1.87. The number of hydrogen-bond acceptors (Lipinski definition) is 2. The maximum Gasteiger partial charge on any atom is 0.252 e. The fourth-order valence-electron chi connectivity index (χ4n) is 2.46. The molecule has 0 radical (unpaired) electrons. The molecule has 1 unspecified atom stereocenters. The Kier molecular flexibility index (Phi) is 10.2. The third-order valence-electron chi connectivity index (χ3n) is 4.09. The number of amides is 1. The molecule has 0 spiro atoms. The number of guanidine groups is 1. The van der Waals surface area contributed by atoms with E-state index in [0.717, 1.165) is 5.56 Å². The van der Waals surface area contributed by atoms with Gasteiger partial charge in [0.15, 0.2) is 5.96 Å². The lowest BCUT2D eigenvalue weighted by Crippen LogP contribution is -2.42. The fourth-order valence-corrected chi connectivity index (χ4v) is 2.68. The molecule has 0 aromatic heterocycles. The van der Waals surface area contributed by atoms with E-state index in [9.17, 15) is 9.18 Å². The number of aliphatic imine (C=N–C) groups is 1. The summed E-state index contributed by atoms with van der Waals surface area (Å²) in [6.45, 7) is 4.54. The average Bonchev–Trinajstić information content (AvgIpc) is 2.66. The maximum absolute atomic E-state index is 13.7. The van der Waals surface area contributed by atoms with Crippen molar-refractivity contribution in [3.8, 4) is 0 Å². The minimum absolute atomic E-state index is 0. The van der Waals surface area contributed by atoms with Gasteiger partial charge >= 0.3 is 0 Å². The van der Waals surface area contributed by atoms with Crippen LogP contribution in [0.5, 0.6) is 0 Å². The highest BCUT2D eigenvalue weighted by Crippen LogP contribution is 2.16. The van der Waals surface area contributed by atoms with Crippen LogP contribution >= 0.6 is 35.6 Å². The van der Waals surface area contributed by atoms with E-state index in [2.05, 4.69) is 20.9 Å². The molecule has 0 aliphatic carbocycles. The van der Waals surface area contributed by atoms with Gasteiger partial charge in [-0.3, -0.25) is 9.79 Å². The molecule has 152 valence electrons. The molecular formula is C20H25ClFIN4O. The van der Waals surface area contributed by atoms with E-state index in [1.165, 1.54) is 6.07 Å². The fraction of sp³-hybridized carbons (Fsp3) is 0.300. The van der Waals surface area contributed by atoms with Crippen LogP contribution in [0, 0.1) is 12.7 Å². The summed E-state index contributed by atoms with van der Waals surface area (Å²) in [7, 11) is 1.65. The van der Waals surface area contributed by atoms with Crippen molar-refractivity contribution < 1.29 is 9.18 Å². The molecule has 2 rings (SSSR count). The number of benzene rings is 2. The van der Waals surface area contributed by atoms with E-state index < -0.39 is 0 Å². The van der Waals surface area contributed by atoms with Crippen LogP contribution in [0.25, 0.3) is 0 Å². The van der Waals surface area contributed by atoms with Crippen molar-refractivity contribution in [3.05, 3.63) is 70.0 Å². The van der Waals surface area contributed by atoms with Crippen LogP contribution in [-0.4, -0.2) is 32.0 Å². The van der Waals surface area contributed by atoms with Crippen molar-refractivity contribution in [3.63, 3.8) is 0 Å². The van der Waals surface area contributed by atoms with E-state index in [1.54, 1.807) is 44.3 Å². The first-order valence-electron chi connectivity index (χ1n) is 8.68. The van der Waals surface area contributed by atoms with Crippen LogP contribution in [0.4, 0.5) is 4.39 Å². The van der Waals surface area contributed by atoms with Gasteiger partial charge in [-0.05, 0) is 43.2 Å². The predicted molar refractivity (Wildman–Crippen MR) is 123 cm³/mol. The zero-order valence-electron chi connectivity index (χ0n) is 16.1. The number of rotatable bonds is 6. The quantitative estimate of drug-likeness (QED) is 0.234. The highest BCUT2D eigenvalue weighted by atomic mass is 127. The maximum atomic E-state index is 13.7. The normalized spacial score (nSPS) is 12.0. The number of halogens is 3. The molecule has 28 heavy (non-hydrogen) atoms. The highest BCUT2D eigenvalue weighted by Gasteiger charge is 2.11. The summed E-state index contributed by atoms with van der Waals surface area (Å²) < 4.78 is 13.7. The molecule has 0 saturated heterocycles. The number of carbonyl (C=O) groups excluding carboxylic acids is 1. The molecule has 2 aromatic carbocycles. The van der Waals surface area contributed by atoms with Crippen LogP contribution in [0.15, 0.2) is 47.5 Å². The summed E-state index contributed by atoms with van der Waals surface area (Å²) in [5.74, 6) is 0.107. The monoisotopic (exact) mass is 518 g/mol. The van der Waals surface area contributed by atoms with Crippen LogP contribution in [-0.2, 0) is 0 Å². The van der Waals surface area contributed by atoms with Gasteiger partial charge in [0.25, 0.3) is 5.91 Å². The van der Waals surface area contributed by atoms with Gasteiger partial charge < -0.3 is 16.0 Å². The molecule has 0 heterocycles. The lowest BCUT2D eigenvalue weighted by atomic mass is 10.1. The van der Waals surface area contributed by atoms with E-state index in [-0.39, 0.29) is 41.7 Å². The number of hydrogen-bond donors (Lipinski definition) is 3. The predicted octanol–water partition coefficient (Wildman–Crippen LogP) is 4.06. The lowest BCUT2D eigenvalue weighted by Gasteiger charge is -2.19. The SMILES string of the molecule is CN=C(NCCNC(=O)c1ccccc1Cl)NC(C)c1ccc(C)c(F)c1.I. The smallest absolute Gasteiger partial charge is 0.252 e. The zero-order valence-corrected chi connectivity index (χ0v) is 19.1. The standard InChI is InChI=1S/C20H24ClFN4O.HI/c1-13-8-9-15(12-18(13)22)14(2)26-20(23-3)25-11-10-24-19(27)16-6-4-5-7-17(16)21;/h4-9,12,14H,10-11H2,1-3H3,(H,24,27)(H2,23,25,26);1H. The summed E-state index contributed by atoms with van der Waals surface area (Å²) in [5.41, 5.74) is 1.88. The third kappa shape index (κ3) is 6.94. The van der Waals surface area contributed by atoms with Crippen molar-refractivity contribution in [1.82, 2.24) is 16.0 Å². The molecule has 2 aromatic rings. The van der Waals surface area contributed by atoms with Crippen LogP contribution in [0.3, 0.4) is 0 Å². The summed E-state index contributed by atoms with van der Waals surface area (Å²) in [6, 6.07) is 11.9. The van der Waals surface area contributed by atoms with Crippen molar-refractivity contribution in [2.75, 3.05) is 20.1 Å². The van der Waals surface area contributed by atoms with Gasteiger partial charge in [0.1, 0.15) is 5.82 Å². The van der Waals surface area contributed by atoms with Gasteiger partial charge in [-0.1, -0.05) is 35.9 Å². The Labute approximate surface area is 187 Å². The Bertz CT molecular complexity index is 832. The second kappa shape index (κ2) is 11.9. The highest BCUT2D eigenvalue weighted by molar-refractivity contribution is 14.0. The minimum atomic E-state index is -0.230. The molecule has 0 fully saturated rings. The minimum Gasteiger partial charge on any atom is -0.355 e. The van der Waals surface area contributed by atoms with Crippen LogP contribution in [0.1, 0.15) is 34.5 Å². The van der Waals surface area contributed by atoms with Crippen molar-refractivity contribution in [2.24, 2.45) is 4.99 Å². The van der Waals surface area contributed by atoms with Crippen molar-refractivity contribution in [1.29, 1.82) is 0 Å². The molecule has 0 bridgehead atoms. The lowest BCUT2D eigenvalue weighted by molar-refractivity contribution is 0.0954. The topological polar surface area (TPSA) is 65.5 Å². The summed E-state index contributed by atoms with van der Waals surface area (Å²) in [5, 5.41) is 9.53. The van der Waals surface area contributed by atoms with Gasteiger partial charge in [-0.25, -0.2) is 4.39 Å². The Morgan fingerprint density at radius 3 is 2.50 bits per heavy atom. The molecule has 1 atom stereocenters. The third-order valence-corrected chi connectivity index (χ3v) is 4.42. The van der Waals surface area contributed by atoms with Crippen molar-refractivity contribution in [2.45, 2.75) is 19.9 Å². The van der Waals surface area contributed by atoms with Crippen LogP contribution in [0.2, 0.25) is 5.02 Å². The molecule has 0 aliphatic rings. The number of carbonyl (C=O) groups is 1. The molecule has 3 N–H and O–H groups in total. The zero-order chi connectivity index (χ0) is 19.8. The number of aryl methyl sites for hydroxylation is 1. The second-order valence-corrected chi connectivity index (χ2v) is 6.52. The number of nitrogens with one attached hydrogen (secondary N) is 3.